The van der Waals surface area contributed by atoms with E-state index in [1.807, 2.05) is 31.2 Å². The quantitative estimate of drug-likeness (QED) is 0.465. The zero-order chi connectivity index (χ0) is 20.4. The van der Waals surface area contributed by atoms with Gasteiger partial charge in [0, 0.05) is 21.9 Å². The van der Waals surface area contributed by atoms with E-state index in [1.54, 1.807) is 19.4 Å². The number of para-hydroxylation sites is 1. The van der Waals surface area contributed by atoms with E-state index in [2.05, 4.69) is 20.5 Å². The Hall–Kier alpha value is -3.13. The molecule has 29 heavy (non-hydrogen) atoms. The highest BCUT2D eigenvalue weighted by atomic mass is 32.2. The summed E-state index contributed by atoms with van der Waals surface area (Å²) < 4.78 is 19.0. The van der Waals surface area contributed by atoms with Crippen LogP contribution in [0.5, 0.6) is 5.75 Å². The van der Waals surface area contributed by atoms with Gasteiger partial charge in [0.1, 0.15) is 16.6 Å². The maximum Gasteiger partial charge on any atom is 0.230 e. The summed E-state index contributed by atoms with van der Waals surface area (Å²) in [6.07, 6.45) is 1.60. The summed E-state index contributed by atoms with van der Waals surface area (Å²) >= 11 is 1.28. The predicted octanol–water partition coefficient (Wildman–Crippen LogP) is 4.23. The number of halogens is 1. The number of H-pyrrole nitrogens is 1. The molecule has 1 amide bonds. The molecule has 4 aromatic rings. The summed E-state index contributed by atoms with van der Waals surface area (Å²) in [4.78, 5) is 15.7. The first-order chi connectivity index (χ1) is 14.1. The number of rotatable bonds is 6. The third-order valence-corrected chi connectivity index (χ3v) is 5.64. The molecule has 148 valence electrons. The number of benzene rings is 2. The topological polar surface area (TPSA) is 79.9 Å². The lowest BCUT2D eigenvalue weighted by atomic mass is 10.1. The Bertz CT molecular complexity index is 1190. The van der Waals surface area contributed by atoms with Crippen LogP contribution in [0.15, 0.2) is 53.7 Å². The Morgan fingerprint density at radius 1 is 1.28 bits per heavy atom. The lowest BCUT2D eigenvalue weighted by Crippen LogP contribution is -2.28. The van der Waals surface area contributed by atoms with Crippen LogP contribution in [-0.4, -0.2) is 34.0 Å². The number of hydrogen-bond donors (Lipinski definition) is 2. The summed E-state index contributed by atoms with van der Waals surface area (Å²) in [5.74, 6) is 0.467. The fourth-order valence-corrected chi connectivity index (χ4v) is 4.06. The number of fused-ring (bicyclic) bond motifs is 3. The number of methoxy groups -OCH3 is 1. The van der Waals surface area contributed by atoms with Crippen molar-refractivity contribution in [1.29, 1.82) is 0 Å². The highest BCUT2D eigenvalue weighted by Crippen LogP contribution is 2.31. The number of thioether (sulfide) groups is 1. The first-order valence-corrected chi connectivity index (χ1v) is 10.0. The minimum atomic E-state index is -0.311. The van der Waals surface area contributed by atoms with E-state index in [0.29, 0.717) is 5.03 Å². The standard InChI is InChI=1S/C21H19FN4O2S/c1-12(14-5-3-4-6-18(14)28-2)24-19(27)11-29-21-20-16(10-23-26-21)15-9-13(22)7-8-17(15)25-20/h3-10,12,25H,11H2,1-2H3,(H,24,27)/t12-/m0/s1. The molecule has 8 heteroatoms. The molecule has 0 aliphatic rings. The van der Waals surface area contributed by atoms with Gasteiger partial charge in [0.15, 0.2) is 0 Å². The Labute approximate surface area is 170 Å². The Kier molecular flexibility index (Phi) is 5.35. The van der Waals surface area contributed by atoms with E-state index in [4.69, 9.17) is 4.74 Å². The minimum absolute atomic E-state index is 0.130. The zero-order valence-electron chi connectivity index (χ0n) is 15.9. The highest BCUT2D eigenvalue weighted by molar-refractivity contribution is 8.00. The van der Waals surface area contributed by atoms with Crippen molar-refractivity contribution in [2.24, 2.45) is 0 Å². The molecule has 2 heterocycles. The van der Waals surface area contributed by atoms with Crippen molar-refractivity contribution in [3.05, 3.63) is 60.0 Å². The highest BCUT2D eigenvalue weighted by Gasteiger charge is 2.16. The van der Waals surface area contributed by atoms with E-state index >= 15 is 0 Å². The molecular formula is C21H19FN4O2S. The molecule has 0 unspecified atom stereocenters. The number of aromatic amines is 1. The first-order valence-electron chi connectivity index (χ1n) is 9.04. The van der Waals surface area contributed by atoms with Crippen LogP contribution in [0.4, 0.5) is 4.39 Å². The number of nitrogens with one attached hydrogen (secondary N) is 2. The molecule has 0 aliphatic carbocycles. The fraction of sp³-hybridized carbons (Fsp3) is 0.190. The van der Waals surface area contributed by atoms with Crippen molar-refractivity contribution in [2.45, 2.75) is 18.0 Å². The molecule has 0 spiro atoms. The van der Waals surface area contributed by atoms with Crippen LogP contribution in [-0.2, 0) is 4.79 Å². The van der Waals surface area contributed by atoms with Crippen molar-refractivity contribution in [3.8, 4) is 5.75 Å². The second kappa shape index (κ2) is 8.08. The number of hydrogen-bond acceptors (Lipinski definition) is 5. The van der Waals surface area contributed by atoms with Crippen LogP contribution >= 0.6 is 11.8 Å². The van der Waals surface area contributed by atoms with Crippen LogP contribution in [0.3, 0.4) is 0 Å². The van der Waals surface area contributed by atoms with Gasteiger partial charge < -0.3 is 15.0 Å². The van der Waals surface area contributed by atoms with Crippen molar-refractivity contribution >= 4 is 39.5 Å². The van der Waals surface area contributed by atoms with Gasteiger partial charge in [-0.3, -0.25) is 4.79 Å². The molecule has 2 aromatic heterocycles. The molecule has 0 radical (unpaired) electrons. The number of ether oxygens (including phenoxy) is 1. The zero-order valence-corrected chi connectivity index (χ0v) is 16.7. The Balaban J connectivity index is 1.49. The number of carbonyl (C=O) groups is 1. The average molecular weight is 410 g/mol. The molecule has 4 rings (SSSR count). The summed E-state index contributed by atoms with van der Waals surface area (Å²) in [5.41, 5.74) is 2.45. The molecule has 0 saturated heterocycles. The minimum Gasteiger partial charge on any atom is -0.496 e. The van der Waals surface area contributed by atoms with Crippen LogP contribution in [0.2, 0.25) is 0 Å². The molecule has 6 nitrogen and oxygen atoms in total. The van der Waals surface area contributed by atoms with E-state index < -0.39 is 0 Å². The molecule has 2 N–H and O–H groups in total. The van der Waals surface area contributed by atoms with Gasteiger partial charge in [-0.25, -0.2) is 4.39 Å². The molecule has 2 aromatic carbocycles. The average Bonchev–Trinajstić information content (AvgIpc) is 3.10. The van der Waals surface area contributed by atoms with Gasteiger partial charge in [-0.15, -0.1) is 5.10 Å². The van der Waals surface area contributed by atoms with E-state index in [-0.39, 0.29) is 23.5 Å². The van der Waals surface area contributed by atoms with Gasteiger partial charge in [-0.1, -0.05) is 30.0 Å². The monoisotopic (exact) mass is 410 g/mol. The molecular weight excluding hydrogens is 391 g/mol. The summed E-state index contributed by atoms with van der Waals surface area (Å²) in [6.45, 7) is 1.91. The second-order valence-corrected chi connectivity index (χ2v) is 7.54. The van der Waals surface area contributed by atoms with Crippen molar-refractivity contribution in [2.75, 3.05) is 12.9 Å². The van der Waals surface area contributed by atoms with Crippen molar-refractivity contribution < 1.29 is 13.9 Å². The SMILES string of the molecule is COc1ccccc1[C@H](C)NC(=O)CSc1nncc2c1[nH]c1ccc(F)cc12. The number of carbonyl (C=O) groups excluding carboxylic acids is 1. The van der Waals surface area contributed by atoms with E-state index in [0.717, 1.165) is 33.1 Å². The fourth-order valence-electron chi connectivity index (χ4n) is 3.30. The van der Waals surface area contributed by atoms with Gasteiger partial charge in [-0.2, -0.15) is 5.10 Å². The Morgan fingerprint density at radius 3 is 2.93 bits per heavy atom. The number of aromatic nitrogens is 3. The van der Waals surface area contributed by atoms with Gasteiger partial charge >= 0.3 is 0 Å². The molecule has 0 bridgehead atoms. The molecule has 1 atom stereocenters. The van der Waals surface area contributed by atoms with Gasteiger partial charge in [0.05, 0.1) is 30.6 Å². The summed E-state index contributed by atoms with van der Waals surface area (Å²) in [5, 5.41) is 13.3. The lowest BCUT2D eigenvalue weighted by Gasteiger charge is -2.17. The van der Waals surface area contributed by atoms with Crippen molar-refractivity contribution in [1.82, 2.24) is 20.5 Å². The number of amides is 1. The van der Waals surface area contributed by atoms with Crippen LogP contribution < -0.4 is 10.1 Å². The van der Waals surface area contributed by atoms with Crippen molar-refractivity contribution in [3.63, 3.8) is 0 Å². The molecule has 0 saturated carbocycles. The largest absolute Gasteiger partial charge is 0.496 e. The van der Waals surface area contributed by atoms with Crippen LogP contribution in [0.25, 0.3) is 21.8 Å². The smallest absolute Gasteiger partial charge is 0.230 e. The molecule has 0 fully saturated rings. The third-order valence-electron chi connectivity index (χ3n) is 4.67. The van der Waals surface area contributed by atoms with Gasteiger partial charge in [0.2, 0.25) is 5.91 Å². The predicted molar refractivity (Wildman–Crippen MR) is 112 cm³/mol. The maximum atomic E-state index is 13.6. The number of nitrogens with zero attached hydrogens (tertiary/aromatic N) is 2. The summed E-state index contributed by atoms with van der Waals surface area (Å²) in [6, 6.07) is 11.9. The summed E-state index contributed by atoms with van der Waals surface area (Å²) in [7, 11) is 1.61. The third kappa shape index (κ3) is 3.88. The lowest BCUT2D eigenvalue weighted by molar-refractivity contribution is -0.119. The van der Waals surface area contributed by atoms with Crippen LogP contribution in [0, 0.1) is 5.82 Å². The Morgan fingerprint density at radius 2 is 2.10 bits per heavy atom. The van der Waals surface area contributed by atoms with Crippen LogP contribution in [0.1, 0.15) is 18.5 Å². The van der Waals surface area contributed by atoms with Gasteiger partial charge in [0.25, 0.3) is 0 Å². The van der Waals surface area contributed by atoms with Gasteiger partial charge in [-0.05, 0) is 31.2 Å². The van der Waals surface area contributed by atoms with E-state index in [9.17, 15) is 9.18 Å². The van der Waals surface area contributed by atoms with E-state index in [1.165, 1.54) is 23.9 Å². The first kappa shape index (κ1) is 19.2. The molecule has 0 aliphatic heterocycles. The normalized spacial score (nSPS) is 12.2. The second-order valence-electron chi connectivity index (χ2n) is 6.57. The maximum absolute atomic E-state index is 13.6.